The highest BCUT2D eigenvalue weighted by atomic mass is 16.3. The average molecular weight is 225 g/mol. The normalized spacial score (nSPS) is 15.1. The first-order chi connectivity index (χ1) is 8.43. The second kappa shape index (κ2) is 4.70. The van der Waals surface area contributed by atoms with Crippen LogP contribution < -0.4 is 0 Å². The van der Waals surface area contributed by atoms with Gasteiger partial charge in [-0.25, -0.2) is 4.42 Å². The molecule has 1 aromatic carbocycles. The van der Waals surface area contributed by atoms with Crippen LogP contribution >= 0.6 is 0 Å². The molecule has 1 aromatic heterocycles. The van der Waals surface area contributed by atoms with E-state index in [1.165, 1.54) is 42.6 Å². The van der Waals surface area contributed by atoms with Crippen molar-refractivity contribution < 1.29 is 4.42 Å². The molecule has 0 atom stereocenters. The third-order valence-electron chi connectivity index (χ3n) is 3.44. The molecule has 1 aliphatic rings. The summed E-state index contributed by atoms with van der Waals surface area (Å²) in [6.07, 6.45) is 6.15. The van der Waals surface area contributed by atoms with E-state index >= 15 is 0 Å². The Labute approximate surface area is 102 Å². The first-order valence-corrected chi connectivity index (χ1v) is 6.44. The van der Waals surface area contributed by atoms with Crippen molar-refractivity contribution in [3.63, 3.8) is 0 Å². The van der Waals surface area contributed by atoms with E-state index in [-0.39, 0.29) is 0 Å². The lowest BCUT2D eigenvalue weighted by atomic mass is 10.1. The fraction of sp³-hybridized carbons (Fsp3) is 0.312. The standard InChI is InChI=1S/C16H17O/c1-3-7-13(8-4-1)16-12-11-14-9-5-2-6-10-15(14)17-16/h1,3-4,7-8,11-12H,2,5-6,9-10H2/q+1. The fourth-order valence-corrected chi connectivity index (χ4v) is 2.47. The van der Waals surface area contributed by atoms with Gasteiger partial charge in [-0.05, 0) is 37.5 Å². The van der Waals surface area contributed by atoms with Crippen LogP contribution in [0.3, 0.4) is 0 Å². The van der Waals surface area contributed by atoms with Crippen molar-refractivity contribution >= 4 is 0 Å². The van der Waals surface area contributed by atoms with Crippen molar-refractivity contribution in [1.82, 2.24) is 0 Å². The van der Waals surface area contributed by atoms with E-state index in [1.807, 2.05) is 6.07 Å². The molecule has 0 spiro atoms. The van der Waals surface area contributed by atoms with Crippen LogP contribution in [-0.2, 0) is 12.8 Å². The van der Waals surface area contributed by atoms with Crippen LogP contribution in [0.1, 0.15) is 30.6 Å². The van der Waals surface area contributed by atoms with Crippen LogP contribution in [0.5, 0.6) is 0 Å². The second-order valence-corrected chi connectivity index (χ2v) is 4.67. The van der Waals surface area contributed by atoms with Crippen molar-refractivity contribution in [3.8, 4) is 11.3 Å². The van der Waals surface area contributed by atoms with Gasteiger partial charge in [0.1, 0.15) is 0 Å². The fourth-order valence-electron chi connectivity index (χ4n) is 2.47. The Hall–Kier alpha value is -1.63. The number of fused-ring (bicyclic) bond motifs is 1. The Kier molecular flexibility index (Phi) is 2.91. The van der Waals surface area contributed by atoms with Crippen LogP contribution in [0.15, 0.2) is 46.9 Å². The molecule has 0 bridgehead atoms. The van der Waals surface area contributed by atoms with Gasteiger partial charge in [-0.1, -0.05) is 24.6 Å². The lowest BCUT2D eigenvalue weighted by molar-refractivity contribution is 0.497. The highest BCUT2D eigenvalue weighted by Gasteiger charge is 2.21. The molecule has 0 saturated carbocycles. The van der Waals surface area contributed by atoms with Gasteiger partial charge in [-0.3, -0.25) is 0 Å². The first-order valence-electron chi connectivity index (χ1n) is 6.44. The number of rotatable bonds is 1. The molecular weight excluding hydrogens is 208 g/mol. The zero-order valence-electron chi connectivity index (χ0n) is 9.99. The minimum absolute atomic E-state index is 0.992. The van der Waals surface area contributed by atoms with Crippen LogP contribution in [-0.4, -0.2) is 0 Å². The molecule has 1 heterocycles. The molecule has 0 radical (unpaired) electrons. The number of hydrogen-bond donors (Lipinski definition) is 0. The maximum Gasteiger partial charge on any atom is 0.360 e. The molecule has 1 aliphatic carbocycles. The maximum atomic E-state index is 6.07. The van der Waals surface area contributed by atoms with Gasteiger partial charge in [0.05, 0.1) is 17.5 Å². The van der Waals surface area contributed by atoms with Crippen LogP contribution in [0.4, 0.5) is 0 Å². The summed E-state index contributed by atoms with van der Waals surface area (Å²) in [4.78, 5) is 0. The minimum atomic E-state index is 0.992. The molecule has 0 saturated heterocycles. The lowest BCUT2D eigenvalue weighted by Crippen LogP contribution is -1.91. The summed E-state index contributed by atoms with van der Waals surface area (Å²) in [6.45, 7) is 0. The number of hydrogen-bond acceptors (Lipinski definition) is 0. The summed E-state index contributed by atoms with van der Waals surface area (Å²) in [5, 5.41) is 0. The number of aryl methyl sites for hydroxylation is 2. The maximum absolute atomic E-state index is 6.07. The largest absolute Gasteiger partial charge is 0.360 e. The molecule has 1 heteroatoms. The highest BCUT2D eigenvalue weighted by molar-refractivity contribution is 5.57. The van der Waals surface area contributed by atoms with Gasteiger partial charge in [0.15, 0.2) is 0 Å². The Balaban J connectivity index is 2.00. The summed E-state index contributed by atoms with van der Waals surface area (Å²) in [7, 11) is 0. The van der Waals surface area contributed by atoms with Gasteiger partial charge in [-0.15, -0.1) is 0 Å². The topological polar surface area (TPSA) is 11.3 Å². The van der Waals surface area contributed by atoms with Crippen molar-refractivity contribution in [2.24, 2.45) is 0 Å². The van der Waals surface area contributed by atoms with Gasteiger partial charge >= 0.3 is 11.5 Å². The molecule has 3 rings (SSSR count). The van der Waals surface area contributed by atoms with Gasteiger partial charge in [-0.2, -0.15) is 0 Å². The molecule has 0 aliphatic heterocycles. The van der Waals surface area contributed by atoms with E-state index in [2.05, 4.69) is 36.4 Å². The molecule has 0 fully saturated rings. The lowest BCUT2D eigenvalue weighted by Gasteiger charge is -1.96. The van der Waals surface area contributed by atoms with Crippen molar-refractivity contribution in [2.45, 2.75) is 32.1 Å². The van der Waals surface area contributed by atoms with Crippen LogP contribution in [0.25, 0.3) is 11.3 Å². The van der Waals surface area contributed by atoms with Crippen LogP contribution in [0, 0.1) is 0 Å². The predicted octanol–water partition coefficient (Wildman–Crippen LogP) is 4.50. The van der Waals surface area contributed by atoms with Gasteiger partial charge in [0, 0.05) is 6.07 Å². The summed E-state index contributed by atoms with van der Waals surface area (Å²) < 4.78 is 6.07. The van der Waals surface area contributed by atoms with E-state index < -0.39 is 0 Å². The highest BCUT2D eigenvalue weighted by Crippen LogP contribution is 2.26. The monoisotopic (exact) mass is 225 g/mol. The quantitative estimate of drug-likeness (QED) is 0.514. The van der Waals surface area contributed by atoms with Crippen molar-refractivity contribution in [2.75, 3.05) is 0 Å². The molecule has 0 N–H and O–H groups in total. The first kappa shape index (κ1) is 10.5. The second-order valence-electron chi connectivity index (χ2n) is 4.67. The summed E-state index contributed by atoms with van der Waals surface area (Å²) in [6, 6.07) is 14.7. The Bertz CT molecular complexity index is 502. The predicted molar refractivity (Wildman–Crippen MR) is 69.8 cm³/mol. The van der Waals surface area contributed by atoms with Gasteiger partial charge < -0.3 is 0 Å². The Morgan fingerprint density at radius 1 is 0.765 bits per heavy atom. The molecule has 1 nitrogen and oxygen atoms in total. The van der Waals surface area contributed by atoms with Gasteiger partial charge in [0.2, 0.25) is 0 Å². The van der Waals surface area contributed by atoms with E-state index in [1.54, 1.807) is 0 Å². The summed E-state index contributed by atoms with van der Waals surface area (Å²) >= 11 is 0. The summed E-state index contributed by atoms with van der Waals surface area (Å²) in [5.74, 6) is 2.19. The van der Waals surface area contributed by atoms with Crippen molar-refractivity contribution in [1.29, 1.82) is 0 Å². The van der Waals surface area contributed by atoms with E-state index in [4.69, 9.17) is 4.42 Å². The zero-order valence-corrected chi connectivity index (χ0v) is 9.99. The third kappa shape index (κ3) is 2.23. The molecular formula is C16H17O+. The average Bonchev–Trinajstić information content (AvgIpc) is 2.64. The smallest absolute Gasteiger partial charge is 0.212 e. The third-order valence-corrected chi connectivity index (χ3v) is 3.44. The van der Waals surface area contributed by atoms with Crippen LogP contribution in [0.2, 0.25) is 0 Å². The Morgan fingerprint density at radius 2 is 1.59 bits per heavy atom. The van der Waals surface area contributed by atoms with E-state index in [9.17, 15) is 0 Å². The van der Waals surface area contributed by atoms with Crippen molar-refractivity contribution in [3.05, 3.63) is 53.8 Å². The van der Waals surface area contributed by atoms with Gasteiger partial charge in [0.25, 0.3) is 0 Å². The molecule has 0 amide bonds. The minimum Gasteiger partial charge on any atom is -0.212 e. The van der Waals surface area contributed by atoms with E-state index in [0.717, 1.165) is 12.2 Å². The summed E-state index contributed by atoms with van der Waals surface area (Å²) in [5.41, 5.74) is 2.57. The molecule has 2 aromatic rings. The molecule has 0 unspecified atom stereocenters. The number of benzene rings is 1. The zero-order chi connectivity index (χ0) is 11.5. The molecule has 86 valence electrons. The Morgan fingerprint density at radius 3 is 2.47 bits per heavy atom. The SMILES string of the molecule is c1ccc(-c2ccc3c([o+]2)CCCCC3)cc1. The molecule has 17 heavy (non-hydrogen) atoms. The van der Waals surface area contributed by atoms with E-state index in [0.29, 0.717) is 0 Å².